The van der Waals surface area contributed by atoms with Gasteiger partial charge in [-0.2, -0.15) is 0 Å². The molecule has 1 aromatic carbocycles. The van der Waals surface area contributed by atoms with E-state index in [2.05, 4.69) is 37.1 Å². The minimum atomic E-state index is -0.272. The highest BCUT2D eigenvalue weighted by Gasteiger charge is 2.41. The third kappa shape index (κ3) is 6.35. The summed E-state index contributed by atoms with van der Waals surface area (Å²) in [6.07, 6.45) is 2.33. The molecule has 5 rings (SSSR count). The second-order valence-electron chi connectivity index (χ2n) is 12.0. The number of halogens is 1. The molecule has 3 aliphatic rings. The van der Waals surface area contributed by atoms with E-state index in [1.807, 2.05) is 16.0 Å². The van der Waals surface area contributed by atoms with Crippen LogP contribution >= 0.6 is 0 Å². The molecule has 0 aliphatic carbocycles. The van der Waals surface area contributed by atoms with E-state index in [0.29, 0.717) is 45.8 Å². The van der Waals surface area contributed by atoms with Crippen molar-refractivity contribution in [3.05, 3.63) is 59.2 Å². The molecule has 1 aromatic heterocycles. The summed E-state index contributed by atoms with van der Waals surface area (Å²) in [5.74, 6) is -0.271. The molecule has 9 nitrogen and oxygen atoms in total. The average Bonchev–Trinajstić information content (AvgIpc) is 3.19. The highest BCUT2D eigenvalue weighted by Crippen LogP contribution is 2.39. The number of nitrogens with one attached hydrogen (secondary N) is 1. The number of rotatable bonds is 8. The Labute approximate surface area is 235 Å². The van der Waals surface area contributed by atoms with Crippen LogP contribution in [-0.4, -0.2) is 104 Å². The predicted molar refractivity (Wildman–Crippen MR) is 150 cm³/mol. The lowest BCUT2D eigenvalue weighted by Gasteiger charge is -2.43. The van der Waals surface area contributed by atoms with E-state index in [1.165, 1.54) is 12.1 Å². The van der Waals surface area contributed by atoms with E-state index >= 15 is 0 Å². The highest BCUT2D eigenvalue weighted by atomic mass is 19.1. The molecule has 2 fully saturated rings. The van der Waals surface area contributed by atoms with E-state index in [9.17, 15) is 14.0 Å². The normalized spacial score (nSPS) is 24.8. The Hall–Kier alpha value is -2.92. The van der Waals surface area contributed by atoms with Crippen LogP contribution in [-0.2, 0) is 30.9 Å². The maximum absolute atomic E-state index is 13.9. The summed E-state index contributed by atoms with van der Waals surface area (Å²) in [5, 5.41) is 3.51. The molecule has 0 bridgehead atoms. The first-order valence-corrected chi connectivity index (χ1v) is 14.0. The van der Waals surface area contributed by atoms with Gasteiger partial charge in [-0.05, 0) is 42.7 Å². The van der Waals surface area contributed by atoms with Crippen molar-refractivity contribution >= 4 is 17.5 Å². The number of morpholine rings is 1. The van der Waals surface area contributed by atoms with Crippen LogP contribution in [0, 0.1) is 5.82 Å². The number of methoxy groups -OCH3 is 1. The van der Waals surface area contributed by atoms with E-state index in [1.54, 1.807) is 19.2 Å². The van der Waals surface area contributed by atoms with Crippen LogP contribution in [0.1, 0.15) is 37.6 Å². The van der Waals surface area contributed by atoms with Gasteiger partial charge >= 0.3 is 0 Å². The van der Waals surface area contributed by atoms with Crippen LogP contribution in [0.25, 0.3) is 0 Å². The monoisotopic (exact) mass is 553 g/mol. The van der Waals surface area contributed by atoms with Crippen molar-refractivity contribution in [3.8, 4) is 0 Å². The molecule has 1 N–H and O–H groups in total. The zero-order chi connectivity index (χ0) is 28.4. The van der Waals surface area contributed by atoms with Gasteiger partial charge in [0.1, 0.15) is 12.4 Å². The van der Waals surface area contributed by atoms with Crippen molar-refractivity contribution in [3.63, 3.8) is 0 Å². The Bertz CT molecular complexity index is 1220. The first-order valence-electron chi connectivity index (χ1n) is 14.0. The number of ether oxygens (including phenoxy) is 2. The molecule has 3 atom stereocenters. The summed E-state index contributed by atoms with van der Waals surface area (Å²) >= 11 is 0. The summed E-state index contributed by atoms with van der Waals surface area (Å²) in [5.41, 5.74) is 3.45. The van der Waals surface area contributed by atoms with Gasteiger partial charge in [-0.3, -0.25) is 19.5 Å². The smallest absolute Gasteiger partial charge is 0.248 e. The number of amides is 2. The fraction of sp³-hybridized carbons (Fsp3) is 0.567. The van der Waals surface area contributed by atoms with Crippen LogP contribution in [0.2, 0.25) is 0 Å². The molecular formula is C30H40FN5O4. The molecule has 3 aliphatic heterocycles. The van der Waals surface area contributed by atoms with Gasteiger partial charge in [0.05, 0.1) is 30.6 Å². The van der Waals surface area contributed by atoms with Crippen LogP contribution < -0.4 is 10.2 Å². The van der Waals surface area contributed by atoms with Crippen LogP contribution in [0.4, 0.5) is 10.1 Å². The van der Waals surface area contributed by atoms with Crippen LogP contribution in [0.5, 0.6) is 0 Å². The van der Waals surface area contributed by atoms with Crippen LogP contribution in [0.3, 0.4) is 0 Å². The summed E-state index contributed by atoms with van der Waals surface area (Å²) in [7, 11) is 1.63. The van der Waals surface area contributed by atoms with E-state index in [-0.39, 0.29) is 54.4 Å². The van der Waals surface area contributed by atoms with E-state index in [4.69, 9.17) is 14.5 Å². The minimum Gasteiger partial charge on any atom is -0.382 e. The topological polar surface area (TPSA) is 87.2 Å². The summed E-state index contributed by atoms with van der Waals surface area (Å²) in [4.78, 5) is 37.2. The Balaban J connectivity index is 1.31. The maximum Gasteiger partial charge on any atom is 0.248 e. The second kappa shape index (κ2) is 11.9. The van der Waals surface area contributed by atoms with Gasteiger partial charge in [0.25, 0.3) is 0 Å². The van der Waals surface area contributed by atoms with Crippen molar-refractivity contribution in [1.82, 2.24) is 20.1 Å². The Kier molecular flexibility index (Phi) is 8.51. The van der Waals surface area contributed by atoms with Crippen molar-refractivity contribution in [2.24, 2.45) is 0 Å². The van der Waals surface area contributed by atoms with E-state index in [0.717, 1.165) is 22.5 Å². The lowest BCUT2D eigenvalue weighted by atomic mass is 9.91. The second-order valence-corrected chi connectivity index (χ2v) is 12.0. The predicted octanol–water partition coefficient (Wildman–Crippen LogP) is 1.97. The number of carbonyl (C=O) groups is 2. The fourth-order valence-corrected chi connectivity index (χ4v) is 6.00. The summed E-state index contributed by atoms with van der Waals surface area (Å²) in [6.45, 7) is 10.1. The molecule has 0 saturated carbocycles. The molecule has 4 heterocycles. The number of nitrogens with zero attached hydrogens (tertiary/aromatic N) is 4. The summed E-state index contributed by atoms with van der Waals surface area (Å²) in [6, 6.07) is 8.76. The number of fused-ring (bicyclic) bond motifs is 1. The third-order valence-corrected chi connectivity index (χ3v) is 8.10. The van der Waals surface area contributed by atoms with Gasteiger partial charge in [0.2, 0.25) is 11.8 Å². The number of piperazine rings is 1. The Morgan fingerprint density at radius 1 is 1.23 bits per heavy atom. The molecule has 10 heteroatoms. The zero-order valence-corrected chi connectivity index (χ0v) is 23.9. The number of hydrogen-bond donors (Lipinski definition) is 1. The van der Waals surface area contributed by atoms with Gasteiger partial charge in [0, 0.05) is 63.5 Å². The van der Waals surface area contributed by atoms with Gasteiger partial charge in [-0.25, -0.2) is 4.39 Å². The molecule has 2 aromatic rings. The lowest BCUT2D eigenvalue weighted by Crippen LogP contribution is -2.62. The molecule has 40 heavy (non-hydrogen) atoms. The van der Waals surface area contributed by atoms with Crippen molar-refractivity contribution in [1.29, 1.82) is 0 Å². The number of benzene rings is 1. The summed E-state index contributed by atoms with van der Waals surface area (Å²) < 4.78 is 24.2. The van der Waals surface area contributed by atoms with Crippen molar-refractivity contribution < 1.29 is 23.5 Å². The molecule has 2 saturated heterocycles. The number of hydrogen-bond acceptors (Lipinski definition) is 7. The van der Waals surface area contributed by atoms with Gasteiger partial charge in [-0.1, -0.05) is 26.0 Å². The van der Waals surface area contributed by atoms with Gasteiger partial charge in [0.15, 0.2) is 0 Å². The standard InChI is InChI=1S/C30H40FN5O4/c1-20-13-34(24(12-32-20)14-35-15-25(17-39-4)40-18-28(35)38)16-27(37)36-19-30(2,3)29-26(36)10-22(11-33-29)9-21-5-7-23(31)8-6-21/h5-8,10-11,20,24-25,32H,9,12-19H2,1-4H3/t20-,24-,25+/m1/s1. The largest absolute Gasteiger partial charge is 0.382 e. The first-order chi connectivity index (χ1) is 19.1. The lowest BCUT2D eigenvalue weighted by molar-refractivity contribution is -0.153. The number of anilines is 1. The highest BCUT2D eigenvalue weighted by molar-refractivity contribution is 5.97. The number of carbonyl (C=O) groups excluding carboxylic acids is 2. The van der Waals surface area contributed by atoms with E-state index < -0.39 is 0 Å². The molecule has 216 valence electrons. The van der Waals surface area contributed by atoms with Gasteiger partial charge in [-0.15, -0.1) is 0 Å². The Morgan fingerprint density at radius 2 is 2.00 bits per heavy atom. The SMILES string of the molecule is COC[C@@H]1CN(C[C@H]2CN[C@H](C)CN2CC(=O)N2CC(C)(C)c3ncc(Cc4ccc(F)cc4)cc32)C(=O)CO1. The van der Waals surface area contributed by atoms with Gasteiger partial charge < -0.3 is 24.6 Å². The van der Waals surface area contributed by atoms with Crippen LogP contribution in [0.15, 0.2) is 36.5 Å². The zero-order valence-electron chi connectivity index (χ0n) is 23.9. The van der Waals surface area contributed by atoms with Crippen molar-refractivity contribution in [2.75, 3.05) is 64.5 Å². The fourth-order valence-electron chi connectivity index (χ4n) is 6.00. The average molecular weight is 554 g/mol. The first kappa shape index (κ1) is 28.6. The molecular weight excluding hydrogens is 513 g/mol. The molecule has 0 unspecified atom stereocenters. The molecule has 0 spiro atoms. The number of aromatic nitrogens is 1. The number of pyridine rings is 1. The Morgan fingerprint density at radius 3 is 2.75 bits per heavy atom. The third-order valence-electron chi connectivity index (χ3n) is 8.10. The minimum absolute atomic E-state index is 0.00316. The van der Waals surface area contributed by atoms with Crippen molar-refractivity contribution in [2.45, 2.75) is 50.8 Å². The molecule has 0 radical (unpaired) electrons. The maximum atomic E-state index is 13.9. The quantitative estimate of drug-likeness (QED) is 0.535. The molecule has 2 amide bonds.